The van der Waals surface area contributed by atoms with Gasteiger partial charge in [-0.2, -0.15) is 0 Å². The van der Waals surface area contributed by atoms with Gasteiger partial charge in [-0.3, -0.25) is 9.69 Å². The lowest BCUT2D eigenvalue weighted by Gasteiger charge is -2.33. The van der Waals surface area contributed by atoms with Crippen LogP contribution in [0.2, 0.25) is 0 Å². The average Bonchev–Trinajstić information content (AvgIpc) is 3.08. The fourth-order valence-corrected chi connectivity index (χ4v) is 3.92. The molecule has 0 aliphatic carbocycles. The van der Waals surface area contributed by atoms with E-state index in [0.29, 0.717) is 23.7 Å². The summed E-state index contributed by atoms with van der Waals surface area (Å²) in [7, 11) is 0. The molecule has 1 saturated heterocycles. The summed E-state index contributed by atoms with van der Waals surface area (Å²) in [6, 6.07) is 6.96. The molecule has 1 aliphatic heterocycles. The van der Waals surface area contributed by atoms with Crippen molar-refractivity contribution in [1.29, 1.82) is 0 Å². The molecule has 1 aliphatic rings. The van der Waals surface area contributed by atoms with Gasteiger partial charge in [0.25, 0.3) is 5.91 Å². The number of hydrogen-bond donors (Lipinski definition) is 1. The topological polar surface area (TPSA) is 45.2 Å². The Kier molecular flexibility index (Phi) is 5.81. The first-order valence-electron chi connectivity index (χ1n) is 8.75. The van der Waals surface area contributed by atoms with Crippen molar-refractivity contribution in [3.8, 4) is 0 Å². The lowest BCUT2D eigenvalue weighted by Crippen LogP contribution is -2.47. The van der Waals surface area contributed by atoms with Gasteiger partial charge in [-0.15, -0.1) is 11.3 Å². The molecule has 0 unspecified atom stereocenters. The van der Waals surface area contributed by atoms with E-state index < -0.39 is 0 Å². The maximum absolute atomic E-state index is 13.8. The number of piperidine rings is 1. The smallest absolute Gasteiger partial charge is 0.271 e. The zero-order valence-corrected chi connectivity index (χ0v) is 15.5. The molecule has 1 N–H and O–H groups in total. The van der Waals surface area contributed by atoms with Crippen LogP contribution in [0.3, 0.4) is 0 Å². The SMILES string of the molecule is CC(C)c1nc(C(=O)N[C@@H]2CCCN(Cc3ccccc3F)C2)cs1. The lowest BCUT2D eigenvalue weighted by molar-refractivity contribution is 0.0895. The van der Waals surface area contributed by atoms with Crippen LogP contribution in [0.15, 0.2) is 29.6 Å². The highest BCUT2D eigenvalue weighted by Crippen LogP contribution is 2.20. The van der Waals surface area contributed by atoms with E-state index in [1.807, 2.05) is 17.5 Å². The van der Waals surface area contributed by atoms with Crippen LogP contribution >= 0.6 is 11.3 Å². The number of likely N-dealkylation sites (tertiary alicyclic amines) is 1. The fraction of sp³-hybridized carbons (Fsp3) is 0.474. The molecule has 1 amide bonds. The van der Waals surface area contributed by atoms with Crippen LogP contribution in [-0.2, 0) is 6.54 Å². The number of aromatic nitrogens is 1. The summed E-state index contributed by atoms with van der Waals surface area (Å²) in [5, 5.41) is 5.89. The third kappa shape index (κ3) is 4.64. The number of thiazole rings is 1. The molecule has 25 heavy (non-hydrogen) atoms. The van der Waals surface area contributed by atoms with Crippen molar-refractivity contribution in [3.05, 3.63) is 51.7 Å². The van der Waals surface area contributed by atoms with Crippen molar-refractivity contribution in [2.45, 2.75) is 45.2 Å². The summed E-state index contributed by atoms with van der Waals surface area (Å²) >= 11 is 1.53. The number of nitrogens with zero attached hydrogens (tertiary/aromatic N) is 2. The Labute approximate surface area is 152 Å². The van der Waals surface area contributed by atoms with Gasteiger partial charge in [0.15, 0.2) is 0 Å². The average molecular weight is 361 g/mol. The number of nitrogens with one attached hydrogen (secondary N) is 1. The first-order valence-corrected chi connectivity index (χ1v) is 9.63. The molecule has 0 saturated carbocycles. The zero-order valence-electron chi connectivity index (χ0n) is 14.7. The number of carbonyl (C=O) groups is 1. The van der Waals surface area contributed by atoms with Gasteiger partial charge in [0.1, 0.15) is 11.5 Å². The molecule has 2 aromatic rings. The van der Waals surface area contributed by atoms with Gasteiger partial charge in [-0.1, -0.05) is 32.0 Å². The van der Waals surface area contributed by atoms with E-state index in [9.17, 15) is 9.18 Å². The van der Waals surface area contributed by atoms with Crippen molar-refractivity contribution in [2.24, 2.45) is 0 Å². The van der Waals surface area contributed by atoms with Crippen LogP contribution in [0.25, 0.3) is 0 Å². The second kappa shape index (κ2) is 8.06. The minimum absolute atomic E-state index is 0.0808. The molecule has 1 aromatic carbocycles. The van der Waals surface area contributed by atoms with Crippen molar-refractivity contribution in [1.82, 2.24) is 15.2 Å². The Morgan fingerprint density at radius 2 is 2.24 bits per heavy atom. The highest BCUT2D eigenvalue weighted by atomic mass is 32.1. The van der Waals surface area contributed by atoms with Crippen molar-refractivity contribution in [3.63, 3.8) is 0 Å². The summed E-state index contributed by atoms with van der Waals surface area (Å²) in [4.78, 5) is 19.0. The Hall–Kier alpha value is -1.79. The molecule has 134 valence electrons. The van der Waals surface area contributed by atoms with E-state index in [2.05, 4.69) is 29.0 Å². The summed E-state index contributed by atoms with van der Waals surface area (Å²) in [5.41, 5.74) is 1.20. The zero-order chi connectivity index (χ0) is 17.8. The maximum Gasteiger partial charge on any atom is 0.271 e. The molecule has 1 aromatic heterocycles. The number of rotatable bonds is 5. The van der Waals surface area contributed by atoms with Gasteiger partial charge in [0.2, 0.25) is 0 Å². The van der Waals surface area contributed by atoms with Crippen LogP contribution in [0.1, 0.15) is 53.7 Å². The minimum atomic E-state index is -0.169. The highest BCUT2D eigenvalue weighted by Gasteiger charge is 2.23. The van der Waals surface area contributed by atoms with E-state index in [4.69, 9.17) is 0 Å². The molecular weight excluding hydrogens is 337 g/mol. The maximum atomic E-state index is 13.8. The van der Waals surface area contributed by atoms with Crippen LogP contribution in [0, 0.1) is 5.82 Å². The molecule has 2 heterocycles. The normalized spacial score (nSPS) is 18.5. The molecule has 1 atom stereocenters. The molecule has 3 rings (SSSR count). The van der Waals surface area contributed by atoms with Crippen LogP contribution in [0.4, 0.5) is 4.39 Å². The Morgan fingerprint density at radius 3 is 2.96 bits per heavy atom. The molecule has 0 spiro atoms. The number of hydrogen-bond acceptors (Lipinski definition) is 4. The summed E-state index contributed by atoms with van der Waals surface area (Å²) in [6.45, 7) is 6.38. The monoisotopic (exact) mass is 361 g/mol. The number of carbonyl (C=O) groups excluding carboxylic acids is 1. The first kappa shape index (κ1) is 18.0. The van der Waals surface area contributed by atoms with E-state index in [-0.39, 0.29) is 17.8 Å². The van der Waals surface area contributed by atoms with Crippen molar-refractivity contribution in [2.75, 3.05) is 13.1 Å². The molecule has 4 nitrogen and oxygen atoms in total. The fourth-order valence-electron chi connectivity index (χ4n) is 3.10. The largest absolute Gasteiger partial charge is 0.347 e. The van der Waals surface area contributed by atoms with Gasteiger partial charge in [0, 0.05) is 36.0 Å². The summed E-state index contributed by atoms with van der Waals surface area (Å²) in [5.74, 6) is 0.0516. The number of halogens is 1. The van der Waals surface area contributed by atoms with E-state index in [1.165, 1.54) is 17.4 Å². The molecule has 6 heteroatoms. The Balaban J connectivity index is 1.57. The Morgan fingerprint density at radius 1 is 1.44 bits per heavy atom. The van der Waals surface area contributed by atoms with Crippen molar-refractivity contribution >= 4 is 17.2 Å². The van der Waals surface area contributed by atoms with Gasteiger partial charge < -0.3 is 5.32 Å². The third-order valence-corrected chi connectivity index (χ3v) is 5.59. The van der Waals surface area contributed by atoms with E-state index in [0.717, 1.165) is 30.9 Å². The highest BCUT2D eigenvalue weighted by molar-refractivity contribution is 7.09. The number of amides is 1. The summed E-state index contributed by atoms with van der Waals surface area (Å²) < 4.78 is 13.8. The predicted molar refractivity (Wildman–Crippen MR) is 98.4 cm³/mol. The van der Waals surface area contributed by atoms with Crippen LogP contribution in [0.5, 0.6) is 0 Å². The Bertz CT molecular complexity index is 731. The van der Waals surface area contributed by atoms with Crippen LogP contribution < -0.4 is 5.32 Å². The first-order chi connectivity index (χ1) is 12.0. The molecule has 0 radical (unpaired) electrons. The number of benzene rings is 1. The second-order valence-corrected chi connectivity index (χ2v) is 7.75. The lowest BCUT2D eigenvalue weighted by atomic mass is 10.0. The van der Waals surface area contributed by atoms with Gasteiger partial charge in [0.05, 0.1) is 5.01 Å². The van der Waals surface area contributed by atoms with Gasteiger partial charge in [-0.05, 0) is 25.5 Å². The predicted octanol–water partition coefficient (Wildman–Crippen LogP) is 3.80. The van der Waals surface area contributed by atoms with Crippen LogP contribution in [-0.4, -0.2) is 34.9 Å². The molecule has 0 bridgehead atoms. The van der Waals surface area contributed by atoms with Crippen molar-refractivity contribution < 1.29 is 9.18 Å². The van der Waals surface area contributed by atoms with Gasteiger partial charge in [-0.25, -0.2) is 9.37 Å². The standard InChI is InChI=1S/C19H24FN3OS/c1-13(2)19-22-17(12-25-19)18(24)21-15-7-5-9-23(11-15)10-14-6-3-4-8-16(14)20/h3-4,6,8,12-13,15H,5,7,9-11H2,1-2H3,(H,21,24)/t15-/m1/s1. The van der Waals surface area contributed by atoms with Gasteiger partial charge >= 0.3 is 0 Å². The molecule has 1 fully saturated rings. The van der Waals surface area contributed by atoms with E-state index in [1.54, 1.807) is 6.07 Å². The second-order valence-electron chi connectivity index (χ2n) is 6.86. The van der Waals surface area contributed by atoms with E-state index >= 15 is 0 Å². The summed E-state index contributed by atoms with van der Waals surface area (Å²) in [6.07, 6.45) is 1.94. The third-order valence-electron chi connectivity index (χ3n) is 4.44. The quantitative estimate of drug-likeness (QED) is 0.881. The molecular formula is C19H24FN3OS. The minimum Gasteiger partial charge on any atom is -0.347 e.